The zero-order valence-corrected chi connectivity index (χ0v) is 9.73. The van der Waals surface area contributed by atoms with Crippen molar-refractivity contribution in [1.82, 2.24) is 4.98 Å². The van der Waals surface area contributed by atoms with E-state index in [0.29, 0.717) is 11.4 Å². The summed E-state index contributed by atoms with van der Waals surface area (Å²) in [5.41, 5.74) is 15.7. The van der Waals surface area contributed by atoms with E-state index >= 15 is 0 Å². The van der Waals surface area contributed by atoms with E-state index < -0.39 is 5.91 Å². The summed E-state index contributed by atoms with van der Waals surface area (Å²) < 4.78 is 0. The first kappa shape index (κ1) is 10.7. The molecule has 4 heteroatoms. The third-order valence-electron chi connectivity index (χ3n) is 3.20. The lowest BCUT2D eigenvalue weighted by Gasteiger charge is -2.02. The average Bonchev–Trinajstić information content (AvgIpc) is 2.93. The average molecular weight is 239 g/mol. The maximum atomic E-state index is 11.2. The molecular weight excluding hydrogens is 226 g/mol. The number of aromatic amines is 1. The minimum absolute atomic E-state index is 0.316. The highest BCUT2D eigenvalue weighted by Crippen LogP contribution is 2.28. The SMILES string of the molecule is NC(=O)c1cc(-c2ccc3c(c2)CC=C3)[nH]c1N. The Morgan fingerprint density at radius 2 is 2.11 bits per heavy atom. The molecular formula is C14H13N3O. The lowest BCUT2D eigenvalue weighted by molar-refractivity contribution is 0.100. The molecule has 1 amide bonds. The first-order valence-electron chi connectivity index (χ1n) is 5.73. The third-order valence-corrected chi connectivity index (χ3v) is 3.20. The molecule has 1 aliphatic carbocycles. The van der Waals surface area contributed by atoms with Crippen LogP contribution in [0.4, 0.5) is 5.82 Å². The van der Waals surface area contributed by atoms with Crippen molar-refractivity contribution in [1.29, 1.82) is 0 Å². The summed E-state index contributed by atoms with van der Waals surface area (Å²) in [5.74, 6) is -0.200. The zero-order valence-electron chi connectivity index (χ0n) is 9.73. The molecule has 1 aromatic heterocycles. The van der Waals surface area contributed by atoms with Crippen LogP contribution in [0.15, 0.2) is 30.3 Å². The number of fused-ring (bicyclic) bond motifs is 1. The van der Waals surface area contributed by atoms with E-state index in [9.17, 15) is 4.79 Å². The first-order chi connectivity index (χ1) is 8.65. The Morgan fingerprint density at radius 3 is 2.83 bits per heavy atom. The predicted molar refractivity (Wildman–Crippen MR) is 71.9 cm³/mol. The van der Waals surface area contributed by atoms with Crippen molar-refractivity contribution >= 4 is 17.8 Å². The molecule has 3 rings (SSSR count). The van der Waals surface area contributed by atoms with Crippen LogP contribution in [0.3, 0.4) is 0 Å². The van der Waals surface area contributed by atoms with E-state index in [1.54, 1.807) is 6.07 Å². The van der Waals surface area contributed by atoms with Crippen molar-refractivity contribution in [2.24, 2.45) is 5.73 Å². The van der Waals surface area contributed by atoms with E-state index in [-0.39, 0.29) is 0 Å². The molecule has 1 aliphatic rings. The van der Waals surface area contributed by atoms with E-state index in [0.717, 1.165) is 17.7 Å². The number of benzene rings is 1. The number of carbonyl (C=O) groups is 1. The summed E-state index contributed by atoms with van der Waals surface area (Å²) in [6, 6.07) is 7.87. The third kappa shape index (κ3) is 1.59. The number of nitrogen functional groups attached to an aromatic ring is 1. The van der Waals surface area contributed by atoms with Gasteiger partial charge in [0.05, 0.1) is 5.56 Å². The summed E-state index contributed by atoms with van der Waals surface area (Å²) in [4.78, 5) is 14.2. The Balaban J connectivity index is 2.05. The molecule has 0 saturated carbocycles. The van der Waals surface area contributed by atoms with Crippen molar-refractivity contribution in [2.45, 2.75) is 6.42 Å². The van der Waals surface area contributed by atoms with Gasteiger partial charge in [-0.1, -0.05) is 24.3 Å². The number of primary amides is 1. The van der Waals surface area contributed by atoms with Gasteiger partial charge in [-0.25, -0.2) is 0 Å². The van der Waals surface area contributed by atoms with Crippen molar-refractivity contribution < 1.29 is 4.79 Å². The fourth-order valence-corrected chi connectivity index (χ4v) is 2.26. The number of H-pyrrole nitrogens is 1. The fourth-order valence-electron chi connectivity index (χ4n) is 2.26. The number of nitrogens with two attached hydrogens (primary N) is 2. The minimum Gasteiger partial charge on any atom is -0.385 e. The molecule has 0 fully saturated rings. The van der Waals surface area contributed by atoms with Crippen LogP contribution in [0.5, 0.6) is 0 Å². The number of nitrogens with one attached hydrogen (secondary N) is 1. The number of amides is 1. The number of rotatable bonds is 2. The van der Waals surface area contributed by atoms with Gasteiger partial charge in [0.1, 0.15) is 5.82 Å². The molecule has 0 saturated heterocycles. The first-order valence-corrected chi connectivity index (χ1v) is 5.73. The van der Waals surface area contributed by atoms with Gasteiger partial charge in [0.25, 0.3) is 5.91 Å². The molecule has 1 aromatic carbocycles. The van der Waals surface area contributed by atoms with Crippen LogP contribution in [0, 0.1) is 0 Å². The highest BCUT2D eigenvalue weighted by atomic mass is 16.1. The second-order valence-electron chi connectivity index (χ2n) is 4.39. The van der Waals surface area contributed by atoms with Gasteiger partial charge in [0.15, 0.2) is 0 Å². The van der Waals surface area contributed by atoms with Gasteiger partial charge in [-0.15, -0.1) is 0 Å². The van der Waals surface area contributed by atoms with Crippen LogP contribution in [0.2, 0.25) is 0 Å². The Bertz CT molecular complexity index is 668. The van der Waals surface area contributed by atoms with Gasteiger partial charge in [-0.2, -0.15) is 0 Å². The fraction of sp³-hybridized carbons (Fsp3) is 0.0714. The number of hydrogen-bond acceptors (Lipinski definition) is 2. The number of hydrogen-bond donors (Lipinski definition) is 3. The Labute approximate surface area is 104 Å². The maximum Gasteiger partial charge on any atom is 0.252 e. The molecule has 90 valence electrons. The number of carbonyl (C=O) groups excluding carboxylic acids is 1. The smallest absolute Gasteiger partial charge is 0.252 e. The van der Waals surface area contributed by atoms with E-state index in [1.165, 1.54) is 11.1 Å². The van der Waals surface area contributed by atoms with E-state index in [2.05, 4.69) is 29.3 Å². The Kier molecular flexibility index (Phi) is 2.23. The van der Waals surface area contributed by atoms with E-state index in [1.807, 2.05) is 6.07 Å². The second-order valence-corrected chi connectivity index (χ2v) is 4.39. The highest BCUT2D eigenvalue weighted by Gasteiger charge is 2.13. The van der Waals surface area contributed by atoms with Crippen molar-refractivity contribution in [3.05, 3.63) is 47.0 Å². The van der Waals surface area contributed by atoms with Gasteiger partial charge >= 0.3 is 0 Å². The molecule has 0 unspecified atom stereocenters. The summed E-state index contributed by atoms with van der Waals surface area (Å²) in [6.07, 6.45) is 5.19. The van der Waals surface area contributed by atoms with Gasteiger partial charge in [-0.3, -0.25) is 4.79 Å². The lowest BCUT2D eigenvalue weighted by Crippen LogP contribution is -2.11. The Hall–Kier alpha value is -2.49. The van der Waals surface area contributed by atoms with Crippen LogP contribution >= 0.6 is 0 Å². The van der Waals surface area contributed by atoms with Gasteiger partial charge in [-0.05, 0) is 35.2 Å². The summed E-state index contributed by atoms with van der Waals surface area (Å²) in [6.45, 7) is 0. The predicted octanol–water partition coefficient (Wildman–Crippen LogP) is 1.93. The molecule has 0 aliphatic heterocycles. The second kappa shape index (κ2) is 3.77. The topological polar surface area (TPSA) is 84.9 Å². The van der Waals surface area contributed by atoms with Gasteiger partial charge < -0.3 is 16.5 Å². The molecule has 0 bridgehead atoms. The Morgan fingerprint density at radius 1 is 1.28 bits per heavy atom. The summed E-state index contributed by atoms with van der Waals surface area (Å²) in [7, 11) is 0. The van der Waals surface area contributed by atoms with Crippen LogP contribution in [0.25, 0.3) is 17.3 Å². The van der Waals surface area contributed by atoms with Crippen molar-refractivity contribution in [3.8, 4) is 11.3 Å². The summed E-state index contributed by atoms with van der Waals surface area (Å²) in [5, 5.41) is 0. The molecule has 0 radical (unpaired) electrons. The molecule has 18 heavy (non-hydrogen) atoms. The monoisotopic (exact) mass is 239 g/mol. The number of allylic oxidation sites excluding steroid dienone is 1. The molecule has 0 spiro atoms. The zero-order chi connectivity index (χ0) is 12.7. The highest BCUT2D eigenvalue weighted by molar-refractivity contribution is 5.99. The molecule has 5 N–H and O–H groups in total. The number of anilines is 1. The molecule has 2 aromatic rings. The normalized spacial score (nSPS) is 12.7. The number of aromatic nitrogens is 1. The molecule has 1 heterocycles. The van der Waals surface area contributed by atoms with Crippen LogP contribution < -0.4 is 11.5 Å². The maximum absolute atomic E-state index is 11.2. The van der Waals surface area contributed by atoms with Crippen LogP contribution in [-0.4, -0.2) is 10.9 Å². The van der Waals surface area contributed by atoms with Crippen molar-refractivity contribution in [3.63, 3.8) is 0 Å². The van der Waals surface area contributed by atoms with Gasteiger partial charge in [0, 0.05) is 5.69 Å². The van der Waals surface area contributed by atoms with Crippen LogP contribution in [0.1, 0.15) is 21.5 Å². The van der Waals surface area contributed by atoms with Gasteiger partial charge in [0.2, 0.25) is 0 Å². The molecule has 0 atom stereocenters. The standard InChI is InChI=1S/C14H13N3O/c15-13-11(14(16)18)7-12(17-13)10-5-4-8-2-1-3-9(8)6-10/h1-2,4-7,17H,3,15H2,(H2,16,18). The van der Waals surface area contributed by atoms with Crippen LogP contribution in [-0.2, 0) is 6.42 Å². The largest absolute Gasteiger partial charge is 0.385 e. The summed E-state index contributed by atoms with van der Waals surface area (Å²) >= 11 is 0. The van der Waals surface area contributed by atoms with E-state index in [4.69, 9.17) is 11.5 Å². The lowest BCUT2D eigenvalue weighted by atomic mass is 10.0. The quantitative estimate of drug-likeness (QED) is 0.748. The minimum atomic E-state index is -0.516. The van der Waals surface area contributed by atoms with Crippen molar-refractivity contribution in [2.75, 3.05) is 5.73 Å². The molecule has 4 nitrogen and oxygen atoms in total.